The Labute approximate surface area is 143 Å². The van der Waals surface area contributed by atoms with Gasteiger partial charge in [0, 0.05) is 22.7 Å². The highest BCUT2D eigenvalue weighted by atomic mass is 35.5. The van der Waals surface area contributed by atoms with Gasteiger partial charge in [-0.2, -0.15) is 0 Å². The van der Waals surface area contributed by atoms with E-state index in [1.165, 1.54) is 6.07 Å². The number of hydrogen-bond donors (Lipinski definition) is 3. The highest BCUT2D eigenvalue weighted by molar-refractivity contribution is 7.80. The van der Waals surface area contributed by atoms with Crippen molar-refractivity contribution in [2.45, 2.75) is 6.92 Å². The number of esters is 1. The number of amides is 2. The van der Waals surface area contributed by atoms with Crippen molar-refractivity contribution in [3.63, 3.8) is 0 Å². The molecule has 1 rings (SSSR count). The van der Waals surface area contributed by atoms with Crippen LogP contribution in [-0.4, -0.2) is 29.5 Å². The molecule has 0 saturated carbocycles. The lowest BCUT2D eigenvalue weighted by Crippen LogP contribution is -2.48. The number of hydrogen-bond acceptors (Lipinski definition) is 5. The fraction of sp³-hybridized carbons (Fsp3) is 0.143. The number of halogens is 1. The van der Waals surface area contributed by atoms with Gasteiger partial charge in [-0.3, -0.25) is 25.8 Å². The Morgan fingerprint density at radius 3 is 2.65 bits per heavy atom. The van der Waals surface area contributed by atoms with Gasteiger partial charge in [-0.15, -0.1) is 0 Å². The Morgan fingerprint density at radius 2 is 2.00 bits per heavy atom. The maximum absolute atomic E-state index is 11.8. The van der Waals surface area contributed by atoms with E-state index in [0.29, 0.717) is 10.6 Å². The largest absolute Gasteiger partial charge is 0.463 e. The van der Waals surface area contributed by atoms with E-state index in [1.807, 2.05) is 0 Å². The van der Waals surface area contributed by atoms with Crippen LogP contribution in [0, 0.1) is 0 Å². The van der Waals surface area contributed by atoms with Gasteiger partial charge in [-0.05, 0) is 37.3 Å². The van der Waals surface area contributed by atoms with E-state index in [1.54, 1.807) is 25.1 Å². The SMILES string of the molecule is CCOC(=O)/C=C/C(=O)NC(=S)NNC(=O)c1cccc(Cl)c1. The molecule has 1 aromatic rings. The van der Waals surface area contributed by atoms with Gasteiger partial charge >= 0.3 is 5.97 Å². The number of rotatable bonds is 4. The molecular weight excluding hydrogens is 342 g/mol. The summed E-state index contributed by atoms with van der Waals surface area (Å²) in [5.74, 6) is -1.77. The molecule has 0 bridgehead atoms. The van der Waals surface area contributed by atoms with Crippen molar-refractivity contribution >= 4 is 46.7 Å². The summed E-state index contributed by atoms with van der Waals surface area (Å²) >= 11 is 10.6. The van der Waals surface area contributed by atoms with Crippen molar-refractivity contribution in [2.24, 2.45) is 0 Å². The highest BCUT2D eigenvalue weighted by Gasteiger charge is 2.07. The molecule has 3 N–H and O–H groups in total. The molecule has 2 amide bonds. The van der Waals surface area contributed by atoms with Gasteiger partial charge in [-0.25, -0.2) is 4.79 Å². The molecule has 7 nitrogen and oxygen atoms in total. The fourth-order valence-electron chi connectivity index (χ4n) is 1.33. The minimum Gasteiger partial charge on any atom is -0.463 e. The molecule has 0 aromatic heterocycles. The van der Waals surface area contributed by atoms with E-state index in [-0.39, 0.29) is 11.7 Å². The van der Waals surface area contributed by atoms with Crippen LogP contribution < -0.4 is 16.2 Å². The Balaban J connectivity index is 2.40. The normalized spacial score (nSPS) is 10.0. The van der Waals surface area contributed by atoms with Crippen molar-refractivity contribution < 1.29 is 19.1 Å². The standard InChI is InChI=1S/C14H14ClN3O4S/c1-2-22-12(20)7-6-11(19)16-14(23)18-17-13(21)9-4-3-5-10(15)8-9/h3-8H,2H2,1H3,(H,17,21)(H2,16,18,19,23)/b7-6+. The topological polar surface area (TPSA) is 96.5 Å². The number of hydrazine groups is 1. The first-order valence-corrected chi connectivity index (χ1v) is 7.22. The smallest absolute Gasteiger partial charge is 0.330 e. The second kappa shape index (κ2) is 9.54. The summed E-state index contributed by atoms with van der Waals surface area (Å²) in [7, 11) is 0. The first kappa shape index (κ1) is 18.6. The van der Waals surface area contributed by atoms with Crippen LogP contribution in [0.25, 0.3) is 0 Å². The van der Waals surface area contributed by atoms with Crippen LogP contribution in [-0.2, 0) is 14.3 Å². The van der Waals surface area contributed by atoms with E-state index in [2.05, 4.69) is 20.9 Å². The zero-order valence-corrected chi connectivity index (χ0v) is 13.7. The van der Waals surface area contributed by atoms with Crippen LogP contribution in [0.15, 0.2) is 36.4 Å². The molecule has 23 heavy (non-hydrogen) atoms. The summed E-state index contributed by atoms with van der Waals surface area (Å²) < 4.78 is 4.61. The monoisotopic (exact) mass is 355 g/mol. The summed E-state index contributed by atoms with van der Waals surface area (Å²) in [6, 6.07) is 6.29. The van der Waals surface area contributed by atoms with Crippen molar-refractivity contribution in [3.05, 3.63) is 47.0 Å². The Kier molecular flexibility index (Phi) is 7.72. The molecule has 0 heterocycles. The molecule has 122 valence electrons. The van der Waals surface area contributed by atoms with E-state index in [4.69, 9.17) is 23.8 Å². The first-order chi connectivity index (χ1) is 10.9. The average Bonchev–Trinajstić information content (AvgIpc) is 2.51. The van der Waals surface area contributed by atoms with Crippen LogP contribution in [0.4, 0.5) is 0 Å². The Morgan fingerprint density at radius 1 is 1.26 bits per heavy atom. The number of benzene rings is 1. The molecule has 0 aliphatic rings. The molecule has 0 unspecified atom stereocenters. The molecular formula is C14H14ClN3O4S. The van der Waals surface area contributed by atoms with Crippen molar-refractivity contribution in [1.82, 2.24) is 16.2 Å². The van der Waals surface area contributed by atoms with Gasteiger partial charge in [0.05, 0.1) is 6.61 Å². The zero-order valence-electron chi connectivity index (χ0n) is 12.1. The van der Waals surface area contributed by atoms with Crippen LogP contribution in [0.3, 0.4) is 0 Å². The minimum atomic E-state index is -0.646. The van der Waals surface area contributed by atoms with E-state index < -0.39 is 17.8 Å². The lowest BCUT2D eigenvalue weighted by atomic mass is 10.2. The predicted octanol–water partition coefficient (Wildman–Crippen LogP) is 1.09. The van der Waals surface area contributed by atoms with Crippen molar-refractivity contribution in [3.8, 4) is 0 Å². The average molecular weight is 356 g/mol. The van der Waals surface area contributed by atoms with E-state index >= 15 is 0 Å². The third kappa shape index (κ3) is 7.39. The van der Waals surface area contributed by atoms with Gasteiger partial charge in [0.2, 0.25) is 5.91 Å². The second-order valence-electron chi connectivity index (χ2n) is 3.99. The number of carbonyl (C=O) groups excluding carboxylic acids is 3. The lowest BCUT2D eigenvalue weighted by molar-refractivity contribution is -0.137. The van der Waals surface area contributed by atoms with Crippen LogP contribution in [0.1, 0.15) is 17.3 Å². The highest BCUT2D eigenvalue weighted by Crippen LogP contribution is 2.09. The number of nitrogens with one attached hydrogen (secondary N) is 3. The van der Waals surface area contributed by atoms with Crippen molar-refractivity contribution in [1.29, 1.82) is 0 Å². The van der Waals surface area contributed by atoms with Gasteiger partial charge in [-0.1, -0.05) is 17.7 Å². The summed E-state index contributed by atoms with van der Waals surface area (Å²) in [4.78, 5) is 34.3. The van der Waals surface area contributed by atoms with Crippen LogP contribution in [0.2, 0.25) is 5.02 Å². The molecule has 0 spiro atoms. The molecule has 0 aliphatic carbocycles. The summed E-state index contributed by atoms with van der Waals surface area (Å²) in [6.07, 6.45) is 1.93. The van der Waals surface area contributed by atoms with Gasteiger partial charge in [0.1, 0.15) is 0 Å². The van der Waals surface area contributed by atoms with Crippen LogP contribution in [0.5, 0.6) is 0 Å². The van der Waals surface area contributed by atoms with Gasteiger partial charge in [0.25, 0.3) is 5.91 Å². The Hall–Kier alpha value is -2.45. The van der Waals surface area contributed by atoms with Crippen LogP contribution >= 0.6 is 23.8 Å². The number of thiocarbonyl (C=S) groups is 1. The molecule has 9 heteroatoms. The summed E-state index contributed by atoms with van der Waals surface area (Å²) in [5, 5.41) is 2.52. The minimum absolute atomic E-state index is 0.140. The molecule has 0 saturated heterocycles. The third-order valence-electron chi connectivity index (χ3n) is 2.27. The molecule has 0 radical (unpaired) electrons. The maximum Gasteiger partial charge on any atom is 0.330 e. The summed E-state index contributed by atoms with van der Waals surface area (Å²) in [5.41, 5.74) is 4.97. The first-order valence-electron chi connectivity index (χ1n) is 6.44. The molecule has 0 aliphatic heterocycles. The van der Waals surface area contributed by atoms with Crippen molar-refractivity contribution in [2.75, 3.05) is 6.61 Å². The predicted molar refractivity (Wildman–Crippen MR) is 88.6 cm³/mol. The van der Waals surface area contributed by atoms with Gasteiger partial charge in [0.15, 0.2) is 5.11 Å². The fourth-order valence-corrected chi connectivity index (χ4v) is 1.68. The molecule has 0 atom stereocenters. The maximum atomic E-state index is 11.8. The second-order valence-corrected chi connectivity index (χ2v) is 4.84. The number of ether oxygens (including phenoxy) is 1. The van der Waals surface area contributed by atoms with E-state index in [9.17, 15) is 14.4 Å². The Bertz CT molecular complexity index is 649. The molecule has 1 aromatic carbocycles. The summed E-state index contributed by atoms with van der Waals surface area (Å²) in [6.45, 7) is 1.85. The third-order valence-corrected chi connectivity index (χ3v) is 2.71. The molecule has 0 fully saturated rings. The quantitative estimate of drug-likeness (QED) is 0.324. The lowest BCUT2D eigenvalue weighted by Gasteiger charge is -2.09. The number of carbonyl (C=O) groups is 3. The van der Waals surface area contributed by atoms with E-state index in [0.717, 1.165) is 12.2 Å². The van der Waals surface area contributed by atoms with Gasteiger partial charge < -0.3 is 4.74 Å². The zero-order chi connectivity index (χ0) is 17.2.